The largest absolute Gasteiger partial charge is 0.293 e. The summed E-state index contributed by atoms with van der Waals surface area (Å²) < 4.78 is 2.37. The van der Waals surface area contributed by atoms with Crippen molar-refractivity contribution in [1.82, 2.24) is 14.5 Å². The maximum Gasteiger partial charge on any atom is 0.162 e. The highest BCUT2D eigenvalue weighted by Crippen LogP contribution is 2.63. The molecule has 0 unspecified atom stereocenters. The number of hydrogen-bond donors (Lipinski definition) is 0. The van der Waals surface area contributed by atoms with E-state index in [-0.39, 0.29) is 0 Å². The Kier molecular flexibility index (Phi) is 5.04. The van der Waals surface area contributed by atoms with Crippen molar-refractivity contribution in [1.29, 1.82) is 0 Å². The van der Waals surface area contributed by atoms with Crippen LogP contribution in [0.15, 0.2) is 164 Å². The van der Waals surface area contributed by atoms with E-state index >= 15 is 0 Å². The van der Waals surface area contributed by atoms with E-state index < -0.39 is 5.41 Å². The van der Waals surface area contributed by atoms with Crippen molar-refractivity contribution < 1.29 is 0 Å². The molecule has 0 aliphatic heterocycles. The van der Waals surface area contributed by atoms with E-state index in [1.807, 2.05) is 18.2 Å². The zero-order valence-corrected chi connectivity index (χ0v) is 25.9. The van der Waals surface area contributed by atoms with Gasteiger partial charge in [-0.2, -0.15) is 0 Å². The molecule has 222 valence electrons. The van der Waals surface area contributed by atoms with Crippen LogP contribution in [0, 0.1) is 0 Å². The van der Waals surface area contributed by atoms with E-state index in [2.05, 4.69) is 150 Å². The quantitative estimate of drug-likeness (QED) is 0.195. The molecular formula is C45H27N3. The normalized spacial score (nSPS) is 13.6. The Morgan fingerprint density at radius 3 is 1.67 bits per heavy atom. The summed E-state index contributed by atoms with van der Waals surface area (Å²) in [4.78, 5) is 10.4. The predicted octanol–water partition coefficient (Wildman–Crippen LogP) is 10.7. The number of hydrogen-bond acceptors (Lipinski definition) is 2. The van der Waals surface area contributed by atoms with Crippen LogP contribution in [0.25, 0.3) is 72.2 Å². The van der Waals surface area contributed by atoms with Crippen molar-refractivity contribution in [2.75, 3.05) is 0 Å². The van der Waals surface area contributed by atoms with Crippen molar-refractivity contribution in [3.05, 3.63) is 186 Å². The number of nitrogens with zero attached hydrogens (tertiary/aromatic N) is 3. The lowest BCUT2D eigenvalue weighted by atomic mass is 9.70. The Morgan fingerprint density at radius 2 is 0.958 bits per heavy atom. The first-order valence-corrected chi connectivity index (χ1v) is 16.5. The van der Waals surface area contributed by atoms with E-state index in [0.717, 1.165) is 39.1 Å². The van der Waals surface area contributed by atoms with Gasteiger partial charge in [0.2, 0.25) is 0 Å². The van der Waals surface area contributed by atoms with Crippen molar-refractivity contribution >= 4 is 32.7 Å². The van der Waals surface area contributed by atoms with Crippen LogP contribution < -0.4 is 0 Å². The predicted molar refractivity (Wildman–Crippen MR) is 196 cm³/mol. The fourth-order valence-electron chi connectivity index (χ4n) is 8.73. The lowest BCUT2D eigenvalue weighted by Crippen LogP contribution is -2.25. The summed E-state index contributed by atoms with van der Waals surface area (Å²) in [5.41, 5.74) is 14.4. The smallest absolute Gasteiger partial charge is 0.162 e. The highest BCUT2D eigenvalue weighted by Gasteiger charge is 2.51. The molecule has 0 atom stereocenters. The van der Waals surface area contributed by atoms with Gasteiger partial charge in [-0.1, -0.05) is 133 Å². The van der Waals surface area contributed by atoms with Crippen LogP contribution in [0.3, 0.4) is 0 Å². The summed E-state index contributed by atoms with van der Waals surface area (Å²) in [6.07, 6.45) is 0. The molecule has 1 spiro atoms. The minimum atomic E-state index is -0.390. The fraction of sp³-hybridized carbons (Fsp3) is 0.0222. The molecule has 0 saturated carbocycles. The van der Waals surface area contributed by atoms with Gasteiger partial charge in [0.15, 0.2) is 5.82 Å². The molecule has 0 amide bonds. The summed E-state index contributed by atoms with van der Waals surface area (Å²) in [7, 11) is 0. The summed E-state index contributed by atoms with van der Waals surface area (Å²) >= 11 is 0. The first-order valence-electron chi connectivity index (χ1n) is 16.5. The van der Waals surface area contributed by atoms with Crippen molar-refractivity contribution in [3.63, 3.8) is 0 Å². The van der Waals surface area contributed by atoms with Crippen LogP contribution in [0.5, 0.6) is 0 Å². The molecule has 2 aliphatic rings. The molecule has 9 aromatic rings. The molecule has 3 nitrogen and oxygen atoms in total. The van der Waals surface area contributed by atoms with Gasteiger partial charge in [-0.05, 0) is 74.8 Å². The molecule has 11 rings (SSSR count). The zero-order valence-electron chi connectivity index (χ0n) is 25.9. The van der Waals surface area contributed by atoms with E-state index in [0.29, 0.717) is 0 Å². The van der Waals surface area contributed by atoms with Gasteiger partial charge in [-0.15, -0.1) is 0 Å². The summed E-state index contributed by atoms with van der Waals surface area (Å²) in [5, 5.41) is 3.46. The Bertz CT molecular complexity index is 2740. The van der Waals surface area contributed by atoms with Crippen LogP contribution in [0.2, 0.25) is 0 Å². The molecule has 2 heterocycles. The molecule has 0 saturated heterocycles. The van der Waals surface area contributed by atoms with Gasteiger partial charge in [0.05, 0.1) is 22.0 Å². The third-order valence-electron chi connectivity index (χ3n) is 10.6. The van der Waals surface area contributed by atoms with E-state index in [1.165, 1.54) is 55.3 Å². The van der Waals surface area contributed by atoms with Crippen LogP contribution >= 0.6 is 0 Å². The van der Waals surface area contributed by atoms with Crippen LogP contribution in [-0.4, -0.2) is 14.5 Å². The second kappa shape index (κ2) is 9.37. The fourth-order valence-corrected chi connectivity index (χ4v) is 8.73. The Balaban J connectivity index is 1.29. The highest BCUT2D eigenvalue weighted by molar-refractivity contribution is 6.13. The number of benzene rings is 7. The second-order valence-corrected chi connectivity index (χ2v) is 12.9. The molecule has 0 bridgehead atoms. The monoisotopic (exact) mass is 609 g/mol. The first kappa shape index (κ1) is 25.8. The number of para-hydroxylation sites is 2. The molecule has 3 heteroatoms. The van der Waals surface area contributed by atoms with Crippen molar-refractivity contribution in [3.8, 4) is 39.5 Å². The number of fused-ring (bicyclic) bond motifs is 14. The van der Waals surface area contributed by atoms with Gasteiger partial charge in [0.1, 0.15) is 5.82 Å². The van der Waals surface area contributed by atoms with Gasteiger partial charge in [0, 0.05) is 21.7 Å². The standard InChI is InChI=1S/C45H27N3/c1-2-14-28(15-3-1)43-46-40-24-12-7-20-33(40)44(47-43)48-41-25-13-8-19-32(41)35-26-39-34(27-42(35)48)31-18-6-11-23-38(31)45(39)36-21-9-4-16-29(36)30-17-5-10-22-37(30)45/h1-27H. The maximum atomic E-state index is 5.33. The zero-order chi connectivity index (χ0) is 31.4. The molecule has 2 aromatic heterocycles. The van der Waals surface area contributed by atoms with Crippen molar-refractivity contribution in [2.45, 2.75) is 5.41 Å². The molecule has 7 aromatic carbocycles. The number of aromatic nitrogens is 3. The summed E-state index contributed by atoms with van der Waals surface area (Å²) in [6.45, 7) is 0. The van der Waals surface area contributed by atoms with Crippen molar-refractivity contribution in [2.24, 2.45) is 0 Å². The Labute approximate surface area is 277 Å². The molecule has 0 radical (unpaired) electrons. The molecule has 0 fully saturated rings. The second-order valence-electron chi connectivity index (χ2n) is 12.9. The molecular weight excluding hydrogens is 583 g/mol. The van der Waals surface area contributed by atoms with Crippen LogP contribution in [0.1, 0.15) is 22.3 Å². The molecule has 2 aliphatic carbocycles. The Morgan fingerprint density at radius 1 is 0.396 bits per heavy atom. The first-order chi connectivity index (χ1) is 23.8. The van der Waals surface area contributed by atoms with Crippen LogP contribution in [-0.2, 0) is 5.41 Å². The molecule has 0 N–H and O–H groups in total. The maximum absolute atomic E-state index is 5.33. The van der Waals surface area contributed by atoms with E-state index in [9.17, 15) is 0 Å². The third kappa shape index (κ3) is 3.18. The summed E-state index contributed by atoms with van der Waals surface area (Å²) in [5.74, 6) is 1.61. The van der Waals surface area contributed by atoms with Gasteiger partial charge in [-0.25, -0.2) is 9.97 Å². The average molecular weight is 610 g/mol. The van der Waals surface area contributed by atoms with Gasteiger partial charge in [0.25, 0.3) is 0 Å². The third-order valence-corrected chi connectivity index (χ3v) is 10.6. The Hall–Kier alpha value is -6.32. The minimum Gasteiger partial charge on any atom is -0.293 e. The number of rotatable bonds is 2. The SMILES string of the molecule is c1ccc(-c2nc(-n3c4ccccc4c4cc5c(cc43)-c3ccccc3C53c4ccccc4-c4ccccc43)c3ccccc3n2)cc1. The highest BCUT2D eigenvalue weighted by atomic mass is 15.1. The van der Waals surface area contributed by atoms with E-state index in [4.69, 9.17) is 9.97 Å². The van der Waals surface area contributed by atoms with Gasteiger partial charge < -0.3 is 0 Å². The van der Waals surface area contributed by atoms with Crippen LogP contribution in [0.4, 0.5) is 0 Å². The van der Waals surface area contributed by atoms with Gasteiger partial charge >= 0.3 is 0 Å². The van der Waals surface area contributed by atoms with Gasteiger partial charge in [-0.3, -0.25) is 4.57 Å². The topological polar surface area (TPSA) is 30.7 Å². The average Bonchev–Trinajstić information content (AvgIpc) is 3.75. The minimum absolute atomic E-state index is 0.390. The lowest BCUT2D eigenvalue weighted by molar-refractivity contribution is 0.795. The van der Waals surface area contributed by atoms with E-state index in [1.54, 1.807) is 0 Å². The lowest BCUT2D eigenvalue weighted by Gasteiger charge is -2.30. The summed E-state index contributed by atoms with van der Waals surface area (Å²) in [6, 6.07) is 59.4. The molecule has 48 heavy (non-hydrogen) atoms.